The van der Waals surface area contributed by atoms with Crippen molar-refractivity contribution in [3.63, 3.8) is 0 Å². The minimum Gasteiger partial charge on any atom is -0.463 e. The molecule has 514 valence electrons. The number of phosphoric ester groups is 2. The van der Waals surface area contributed by atoms with Crippen LogP contribution >= 0.6 is 15.6 Å². The molecular formula is C71H124O16P2. The molecule has 0 spiro atoms. The number of carbonyl (C=O) groups is 3. The van der Waals surface area contributed by atoms with Gasteiger partial charge in [-0.1, -0.05) is 259 Å². The maximum Gasteiger partial charge on any atom is 0.472 e. The normalized spacial score (nSPS) is 14.8. The highest BCUT2D eigenvalue weighted by Crippen LogP contribution is 2.45. The van der Waals surface area contributed by atoms with Crippen molar-refractivity contribution in [3.8, 4) is 0 Å². The molecule has 0 aromatic heterocycles. The van der Waals surface area contributed by atoms with Crippen molar-refractivity contribution >= 4 is 33.6 Å². The third kappa shape index (κ3) is 65.8. The fourth-order valence-corrected chi connectivity index (χ4v) is 10.7. The lowest BCUT2D eigenvalue weighted by Crippen LogP contribution is -2.30. The molecule has 0 aliphatic rings. The number of hydrogen-bond donors (Lipinski definition) is 4. The van der Waals surface area contributed by atoms with Gasteiger partial charge in [-0.15, -0.1) is 0 Å². The van der Waals surface area contributed by atoms with Crippen LogP contribution < -0.4 is 0 Å². The maximum absolute atomic E-state index is 12.9. The summed E-state index contributed by atoms with van der Waals surface area (Å²) >= 11 is 0. The topological polar surface area (TPSA) is 231 Å². The summed E-state index contributed by atoms with van der Waals surface area (Å²) in [6, 6.07) is 0. The van der Waals surface area contributed by atoms with Crippen LogP contribution in [0.4, 0.5) is 0 Å². The molecule has 0 amide bonds. The minimum atomic E-state index is -4.93. The Balaban J connectivity index is 4.69. The molecule has 0 saturated heterocycles. The Bertz CT molecular complexity index is 2010. The Kier molecular flexibility index (Phi) is 62.0. The molecule has 16 nitrogen and oxygen atoms in total. The molecule has 4 N–H and O–H groups in total. The summed E-state index contributed by atoms with van der Waals surface area (Å²) < 4.78 is 60.9. The van der Waals surface area contributed by atoms with Gasteiger partial charge < -0.3 is 34.2 Å². The SMILES string of the molecule is CC/C=C\C/C=C\C/C=C\C/C=C\CCCCCCCCC(=O)OCC(O)COP(=O)(O)OCC(O)COP(=O)(O)OCC(COC(=O)CCCCCCCC/C=C\C/C=C\C/C=C\C/C=C\CC)OC(=O)CCCCCCCCCCCCCCCCC. The Hall–Kier alpha value is -3.53. The minimum absolute atomic E-state index is 0.103. The lowest BCUT2D eigenvalue weighted by atomic mass is 10.0. The molecule has 5 atom stereocenters. The molecule has 5 unspecified atom stereocenters. The van der Waals surface area contributed by atoms with Crippen LogP contribution in [0.5, 0.6) is 0 Å². The van der Waals surface area contributed by atoms with E-state index in [1.165, 1.54) is 64.2 Å². The molecule has 0 bridgehead atoms. The summed E-state index contributed by atoms with van der Waals surface area (Å²) in [6.07, 6.45) is 70.2. The highest BCUT2D eigenvalue weighted by Gasteiger charge is 2.29. The molecule has 0 aromatic carbocycles. The van der Waals surface area contributed by atoms with Crippen LogP contribution in [0.1, 0.15) is 278 Å². The van der Waals surface area contributed by atoms with Gasteiger partial charge in [-0.3, -0.25) is 32.5 Å². The predicted octanol–water partition coefficient (Wildman–Crippen LogP) is 19.1. The number of unbranched alkanes of at least 4 members (excludes halogenated alkanes) is 26. The van der Waals surface area contributed by atoms with E-state index in [0.717, 1.165) is 154 Å². The fourth-order valence-electron chi connectivity index (χ4n) is 9.08. The average Bonchev–Trinajstić information content (AvgIpc) is 3.54. The van der Waals surface area contributed by atoms with E-state index < -0.39 is 91.5 Å². The van der Waals surface area contributed by atoms with Gasteiger partial charge in [-0.25, -0.2) is 9.13 Å². The van der Waals surface area contributed by atoms with Crippen LogP contribution in [-0.2, 0) is 55.8 Å². The first kappa shape index (κ1) is 85.5. The first-order chi connectivity index (χ1) is 43.2. The number of rotatable bonds is 65. The van der Waals surface area contributed by atoms with E-state index in [0.29, 0.717) is 19.3 Å². The molecule has 18 heteroatoms. The van der Waals surface area contributed by atoms with Crippen molar-refractivity contribution in [3.05, 3.63) is 97.2 Å². The largest absolute Gasteiger partial charge is 0.472 e. The number of aliphatic hydroxyl groups is 2. The summed E-state index contributed by atoms with van der Waals surface area (Å²) in [7, 11) is -9.78. The molecule has 0 radical (unpaired) electrons. The molecule has 0 aliphatic heterocycles. The van der Waals surface area contributed by atoms with E-state index in [2.05, 4.69) is 118 Å². The maximum atomic E-state index is 12.9. The number of carbonyl (C=O) groups excluding carboxylic acids is 3. The monoisotopic (exact) mass is 1290 g/mol. The number of aliphatic hydroxyl groups excluding tert-OH is 2. The van der Waals surface area contributed by atoms with Gasteiger partial charge in [0.05, 0.1) is 26.4 Å². The van der Waals surface area contributed by atoms with Gasteiger partial charge in [0, 0.05) is 19.3 Å². The lowest BCUT2D eigenvalue weighted by molar-refractivity contribution is -0.161. The fraction of sp³-hybridized carbons (Fsp3) is 0.732. The molecule has 89 heavy (non-hydrogen) atoms. The number of allylic oxidation sites excluding steroid dienone is 16. The standard InChI is InChI=1S/C71H124O16P2/c1-4-7-10-13-16-19-22-25-28-30-32-34-37-39-42-45-48-51-54-57-69(74)81-60-66(72)61-83-88(77,78)84-62-67(73)63-85-89(79,80)86-65-68(87-71(76)59-56-53-50-47-44-41-36-27-24-21-18-15-12-9-6-3)64-82-70(75)58-55-52-49-46-43-40-38-35-33-31-29-26-23-20-17-14-11-8-5-2/h7-8,10-11,16-17,19-20,25-26,28-29,32-35,66-68,72-73H,4-6,9,12-15,18,21-24,27,30-31,36-65H2,1-3H3,(H,77,78)(H,79,80)/b10-7-,11-8-,19-16-,20-17-,28-25-,29-26-,34-32-,35-33-. The third-order valence-electron chi connectivity index (χ3n) is 14.3. The zero-order chi connectivity index (χ0) is 65.3. The molecule has 0 fully saturated rings. The van der Waals surface area contributed by atoms with Gasteiger partial charge >= 0.3 is 33.6 Å². The molecular weight excluding hydrogens is 1170 g/mol. The first-order valence-electron chi connectivity index (χ1n) is 34.5. The van der Waals surface area contributed by atoms with E-state index >= 15 is 0 Å². The first-order valence-corrected chi connectivity index (χ1v) is 37.5. The number of hydrogen-bond acceptors (Lipinski definition) is 14. The van der Waals surface area contributed by atoms with Crippen LogP contribution in [0.25, 0.3) is 0 Å². The molecule has 0 aromatic rings. The predicted molar refractivity (Wildman–Crippen MR) is 362 cm³/mol. The average molecular weight is 1300 g/mol. The third-order valence-corrected chi connectivity index (χ3v) is 16.2. The van der Waals surface area contributed by atoms with E-state index in [1.807, 2.05) is 0 Å². The van der Waals surface area contributed by atoms with Crippen molar-refractivity contribution in [1.82, 2.24) is 0 Å². The van der Waals surface area contributed by atoms with Crippen molar-refractivity contribution in [2.24, 2.45) is 0 Å². The number of esters is 3. The highest BCUT2D eigenvalue weighted by atomic mass is 31.2. The van der Waals surface area contributed by atoms with Gasteiger partial charge in [-0.2, -0.15) is 0 Å². The van der Waals surface area contributed by atoms with E-state index in [9.17, 15) is 43.5 Å². The molecule has 0 saturated carbocycles. The number of phosphoric acid groups is 2. The molecule has 0 heterocycles. The Morgan fingerprint density at radius 1 is 0.326 bits per heavy atom. The smallest absolute Gasteiger partial charge is 0.463 e. The van der Waals surface area contributed by atoms with Crippen molar-refractivity contribution < 1.29 is 75.8 Å². The second-order valence-electron chi connectivity index (χ2n) is 22.9. The van der Waals surface area contributed by atoms with Crippen LogP contribution in [0.15, 0.2) is 97.2 Å². The lowest BCUT2D eigenvalue weighted by Gasteiger charge is -2.21. The quantitative estimate of drug-likeness (QED) is 0.0146. The van der Waals surface area contributed by atoms with Crippen molar-refractivity contribution in [1.29, 1.82) is 0 Å². The van der Waals surface area contributed by atoms with Crippen molar-refractivity contribution in [2.45, 2.75) is 296 Å². The van der Waals surface area contributed by atoms with Gasteiger partial charge in [0.15, 0.2) is 6.10 Å². The van der Waals surface area contributed by atoms with Crippen LogP contribution in [-0.4, -0.2) is 95.9 Å². The summed E-state index contributed by atoms with van der Waals surface area (Å²) in [4.78, 5) is 58.4. The van der Waals surface area contributed by atoms with Gasteiger partial charge in [-0.05, 0) is 96.3 Å². The Labute approximate surface area is 539 Å². The summed E-state index contributed by atoms with van der Waals surface area (Å²) in [5, 5.41) is 20.5. The van der Waals surface area contributed by atoms with Gasteiger partial charge in [0.2, 0.25) is 0 Å². The summed E-state index contributed by atoms with van der Waals surface area (Å²) in [5.41, 5.74) is 0. The number of ether oxygens (including phenoxy) is 3. The van der Waals surface area contributed by atoms with Crippen LogP contribution in [0.2, 0.25) is 0 Å². The zero-order valence-corrected chi connectivity index (χ0v) is 57.4. The zero-order valence-electron chi connectivity index (χ0n) is 55.6. The summed E-state index contributed by atoms with van der Waals surface area (Å²) in [6.45, 7) is 2.43. The van der Waals surface area contributed by atoms with Gasteiger partial charge in [0.25, 0.3) is 0 Å². The Morgan fingerprint density at radius 2 is 0.596 bits per heavy atom. The van der Waals surface area contributed by atoms with Gasteiger partial charge in [0.1, 0.15) is 25.4 Å². The summed E-state index contributed by atoms with van der Waals surface area (Å²) in [5.74, 6) is -1.60. The van der Waals surface area contributed by atoms with Crippen molar-refractivity contribution in [2.75, 3.05) is 39.6 Å². The second-order valence-corrected chi connectivity index (χ2v) is 25.8. The Morgan fingerprint density at radius 3 is 0.944 bits per heavy atom. The van der Waals surface area contributed by atoms with E-state index in [-0.39, 0.29) is 19.3 Å². The van der Waals surface area contributed by atoms with Crippen LogP contribution in [0, 0.1) is 0 Å². The molecule has 0 aliphatic carbocycles. The van der Waals surface area contributed by atoms with E-state index in [1.54, 1.807) is 0 Å². The van der Waals surface area contributed by atoms with E-state index in [4.69, 9.17) is 32.3 Å². The van der Waals surface area contributed by atoms with Crippen LogP contribution in [0.3, 0.4) is 0 Å². The second kappa shape index (κ2) is 64.6. The molecule has 0 rings (SSSR count). The highest BCUT2D eigenvalue weighted by molar-refractivity contribution is 7.47.